The Morgan fingerprint density at radius 2 is 0.741 bits per heavy atom. The normalized spacial score (nSPS) is 14.0. The van der Waals surface area contributed by atoms with Gasteiger partial charge in [0.2, 0.25) is 0 Å². The summed E-state index contributed by atoms with van der Waals surface area (Å²) in [6.45, 7) is 1.61. The summed E-state index contributed by atoms with van der Waals surface area (Å²) < 4.78 is 230. The van der Waals surface area contributed by atoms with Gasteiger partial charge in [0.05, 0.1) is 83.7 Å². The van der Waals surface area contributed by atoms with Crippen LogP contribution in [-0.4, -0.2) is 25.2 Å². The van der Waals surface area contributed by atoms with Crippen LogP contribution in [0, 0.1) is 6.92 Å². The third kappa shape index (κ3) is 9.43. The van der Waals surface area contributed by atoms with Crippen LogP contribution in [0.2, 0.25) is 0 Å². The lowest BCUT2D eigenvalue weighted by Gasteiger charge is -2.18. The average molecular weight is 1170 g/mol. The van der Waals surface area contributed by atoms with E-state index < -0.39 is 92.1 Å². The number of aromatic nitrogens is 3. The number of alkyl halides is 15. The van der Waals surface area contributed by atoms with Crippen molar-refractivity contribution in [1.82, 2.24) is 13.7 Å². The molecule has 0 N–H and O–H groups in total. The maximum atomic E-state index is 16.2. The summed E-state index contributed by atoms with van der Waals surface area (Å²) in [4.78, 5) is 9.83. The fraction of sp³-hybridized carbons (Fsp3) is 0.108. The van der Waals surface area contributed by atoms with E-state index in [4.69, 9.17) is 9.98 Å². The van der Waals surface area contributed by atoms with Crippen LogP contribution in [0.25, 0.3) is 88.2 Å². The first-order valence-corrected chi connectivity index (χ1v) is 25.9. The van der Waals surface area contributed by atoms with Crippen molar-refractivity contribution in [2.75, 3.05) is 0 Å². The SMILES string of the molecule is Cc1ccc2c3ccc(C(F)(F)F)cc3n(-c3cc4c5cc(-n6c7cc(C(F)(F)F)ccc7c7ccc(C(F)(F)F)cc76)c(C(F)(F)F)cc5n(-c5ccc(C6=CCC(c7ccccc7)=NC(c7ccccc7)=N6)cc5)c4cc3C(F)(F)F)c2c1. The van der Waals surface area contributed by atoms with Crippen molar-refractivity contribution in [3.63, 3.8) is 0 Å². The summed E-state index contributed by atoms with van der Waals surface area (Å²) in [5.41, 5.74) is -7.58. The fourth-order valence-electron chi connectivity index (χ4n) is 11.4. The van der Waals surface area contributed by atoms with E-state index in [2.05, 4.69) is 0 Å². The monoisotopic (exact) mass is 1170 g/mol. The first kappa shape index (κ1) is 54.6. The minimum atomic E-state index is -5.47. The molecule has 0 atom stereocenters. The summed E-state index contributed by atoms with van der Waals surface area (Å²) in [6.07, 6.45) is -23.9. The molecule has 85 heavy (non-hydrogen) atoms. The van der Waals surface area contributed by atoms with Crippen molar-refractivity contribution >= 4 is 82.7 Å². The number of aryl methyl sites for hydroxylation is 1. The van der Waals surface area contributed by atoms with E-state index >= 15 is 26.3 Å². The number of allylic oxidation sites excluding steroid dienone is 1. The predicted molar refractivity (Wildman–Crippen MR) is 298 cm³/mol. The van der Waals surface area contributed by atoms with Gasteiger partial charge in [-0.3, -0.25) is 0 Å². The van der Waals surface area contributed by atoms with Crippen LogP contribution in [-0.2, 0) is 30.9 Å². The van der Waals surface area contributed by atoms with E-state index in [1.807, 2.05) is 54.6 Å². The Balaban J connectivity index is 1.13. The topological polar surface area (TPSA) is 39.5 Å². The van der Waals surface area contributed by atoms with E-state index in [9.17, 15) is 39.5 Å². The summed E-state index contributed by atoms with van der Waals surface area (Å²) in [7, 11) is 0. The smallest absolute Gasteiger partial charge is 0.309 e. The predicted octanol–water partition coefficient (Wildman–Crippen LogP) is 20.1. The van der Waals surface area contributed by atoms with Gasteiger partial charge in [0.15, 0.2) is 5.84 Å². The van der Waals surface area contributed by atoms with Crippen LogP contribution in [0.15, 0.2) is 198 Å². The van der Waals surface area contributed by atoms with Gasteiger partial charge in [-0.1, -0.05) is 109 Å². The molecule has 9 aromatic carbocycles. The molecule has 20 heteroatoms. The van der Waals surface area contributed by atoms with Crippen LogP contribution in [0.1, 0.15) is 56.5 Å². The maximum absolute atomic E-state index is 16.2. The molecule has 0 fully saturated rings. The van der Waals surface area contributed by atoms with E-state index in [0.717, 1.165) is 51.1 Å². The number of hydrogen-bond acceptors (Lipinski definition) is 2. The number of aliphatic imine (C=N–C) groups is 2. The van der Waals surface area contributed by atoms with Crippen molar-refractivity contribution in [1.29, 1.82) is 0 Å². The Morgan fingerprint density at radius 1 is 0.341 bits per heavy atom. The molecule has 0 radical (unpaired) electrons. The van der Waals surface area contributed by atoms with Crippen LogP contribution >= 0.6 is 0 Å². The molecule has 5 nitrogen and oxygen atoms in total. The molecule has 0 spiro atoms. The molecule has 0 bridgehead atoms. The Morgan fingerprint density at radius 3 is 1.16 bits per heavy atom. The Hall–Kier alpha value is -9.59. The van der Waals surface area contributed by atoms with Gasteiger partial charge in [0.1, 0.15) is 0 Å². The van der Waals surface area contributed by atoms with Crippen molar-refractivity contribution in [3.05, 3.63) is 238 Å². The Kier molecular flexibility index (Phi) is 12.4. The number of fused-ring (bicyclic) bond motifs is 9. The van der Waals surface area contributed by atoms with E-state index in [-0.39, 0.29) is 55.5 Å². The van der Waals surface area contributed by atoms with Gasteiger partial charge in [0.25, 0.3) is 0 Å². The summed E-state index contributed by atoms with van der Waals surface area (Å²) in [6, 6.07) is 38.6. The van der Waals surface area contributed by atoms with Crippen molar-refractivity contribution in [2.45, 2.75) is 44.2 Å². The molecule has 4 heterocycles. The van der Waals surface area contributed by atoms with Crippen LogP contribution < -0.4 is 0 Å². The second-order valence-corrected chi connectivity index (χ2v) is 20.6. The second-order valence-electron chi connectivity index (χ2n) is 20.6. The number of benzene rings is 9. The number of amidine groups is 1. The fourth-order valence-corrected chi connectivity index (χ4v) is 11.4. The maximum Gasteiger partial charge on any atom is 0.418 e. The molecule has 0 saturated carbocycles. The van der Waals surface area contributed by atoms with Gasteiger partial charge in [-0.25, -0.2) is 9.98 Å². The zero-order valence-electron chi connectivity index (χ0n) is 43.5. The minimum Gasteiger partial charge on any atom is -0.309 e. The highest BCUT2D eigenvalue weighted by Gasteiger charge is 2.41. The van der Waals surface area contributed by atoms with Gasteiger partial charge >= 0.3 is 30.9 Å². The van der Waals surface area contributed by atoms with Gasteiger partial charge in [-0.05, 0) is 96.9 Å². The highest BCUT2D eigenvalue weighted by atomic mass is 19.4. The first-order valence-electron chi connectivity index (χ1n) is 25.9. The number of halogens is 15. The van der Waals surface area contributed by atoms with Gasteiger partial charge < -0.3 is 13.7 Å². The first-order chi connectivity index (χ1) is 40.2. The number of rotatable bonds is 6. The highest BCUT2D eigenvalue weighted by Crippen LogP contribution is 2.49. The molecule has 3 aromatic heterocycles. The molecule has 1 aliphatic rings. The molecule has 12 aromatic rings. The summed E-state index contributed by atoms with van der Waals surface area (Å²) >= 11 is 0. The van der Waals surface area contributed by atoms with Gasteiger partial charge in [-0.2, -0.15) is 65.9 Å². The standard InChI is InChI=1S/C65H36F15N5/c1-34-12-20-42-43-21-15-38(61(66,67)68)27-53(43)84(52(42)26-34)58-30-46-47-31-59(85-54-28-39(62(69,70)71)16-22-44(54)45-23-17-40(29-55(45)85)63(72,73)74)49(65(78,79)80)33-57(47)83(56(46)32-48(58)64(75,76)77)41-18-13-36(14-19-41)51-25-24-50(35-8-4-2-5-9-35)81-60(82-51)37-10-6-3-7-11-37/h2-23,25-33H,24H2,1H3. The van der Waals surface area contributed by atoms with Crippen LogP contribution in [0.4, 0.5) is 65.9 Å². The van der Waals surface area contributed by atoms with Crippen molar-refractivity contribution < 1.29 is 65.9 Å². The lowest BCUT2D eigenvalue weighted by atomic mass is 10.0. The van der Waals surface area contributed by atoms with Crippen LogP contribution in [0.5, 0.6) is 0 Å². The van der Waals surface area contributed by atoms with E-state index in [1.54, 1.807) is 37.3 Å². The largest absolute Gasteiger partial charge is 0.418 e. The van der Waals surface area contributed by atoms with Crippen molar-refractivity contribution in [3.8, 4) is 17.1 Å². The molecule has 0 aliphatic carbocycles. The second kappa shape index (κ2) is 19.2. The molecule has 13 rings (SSSR count). The third-order valence-electron chi connectivity index (χ3n) is 15.3. The Labute approximate surface area is 470 Å². The lowest BCUT2D eigenvalue weighted by Crippen LogP contribution is -2.12. The van der Waals surface area contributed by atoms with Gasteiger partial charge in [0, 0.05) is 55.6 Å². The molecule has 0 unspecified atom stereocenters. The van der Waals surface area contributed by atoms with E-state index in [1.165, 1.54) is 24.3 Å². The third-order valence-corrected chi connectivity index (χ3v) is 15.3. The van der Waals surface area contributed by atoms with Crippen LogP contribution in [0.3, 0.4) is 0 Å². The highest BCUT2D eigenvalue weighted by molar-refractivity contribution is 6.17. The molecular formula is C65H36F15N5. The zero-order chi connectivity index (χ0) is 59.9. The van der Waals surface area contributed by atoms with E-state index in [0.29, 0.717) is 81.0 Å². The lowest BCUT2D eigenvalue weighted by molar-refractivity contribution is -0.138. The number of nitrogens with zero attached hydrogens (tertiary/aromatic N) is 5. The average Bonchev–Trinajstić information content (AvgIpc) is 1.83. The van der Waals surface area contributed by atoms with Gasteiger partial charge in [-0.15, -0.1) is 0 Å². The van der Waals surface area contributed by atoms with Crippen molar-refractivity contribution in [2.24, 2.45) is 9.98 Å². The molecule has 0 saturated heterocycles. The zero-order valence-corrected chi connectivity index (χ0v) is 43.5. The quantitative estimate of drug-likeness (QED) is 0.149. The summed E-state index contributed by atoms with van der Waals surface area (Å²) in [5, 5.41) is -0.503. The number of hydrogen-bond donors (Lipinski definition) is 0. The molecular weight excluding hydrogens is 1140 g/mol. The minimum absolute atomic E-state index is 0.0167. The molecule has 426 valence electrons. The summed E-state index contributed by atoms with van der Waals surface area (Å²) in [5.74, 6) is 0.334. The molecule has 1 aliphatic heterocycles. The molecule has 0 amide bonds. The Bertz CT molecular complexity index is 4750.